The number of anilines is 3. The van der Waals surface area contributed by atoms with Crippen molar-refractivity contribution in [2.75, 3.05) is 17.7 Å². The Morgan fingerprint density at radius 1 is 1.04 bits per heavy atom. The molecule has 0 fully saturated rings. The van der Waals surface area contributed by atoms with Gasteiger partial charge in [-0.1, -0.05) is 24.3 Å². The van der Waals surface area contributed by atoms with Crippen molar-refractivity contribution in [3.05, 3.63) is 77.0 Å². The van der Waals surface area contributed by atoms with Crippen LogP contribution in [0.3, 0.4) is 0 Å². The van der Waals surface area contributed by atoms with E-state index in [0.29, 0.717) is 18.1 Å². The Morgan fingerprint density at radius 3 is 2.48 bits per heavy atom. The zero-order valence-corrected chi connectivity index (χ0v) is 15.6. The second kappa shape index (κ2) is 8.31. The van der Waals surface area contributed by atoms with Crippen LogP contribution in [0.4, 0.5) is 17.5 Å². The highest BCUT2D eigenvalue weighted by Crippen LogP contribution is 2.18. The van der Waals surface area contributed by atoms with E-state index in [0.717, 1.165) is 17.2 Å². The molecule has 0 aliphatic carbocycles. The minimum Gasteiger partial charge on any atom is -0.465 e. The van der Waals surface area contributed by atoms with Gasteiger partial charge in [-0.2, -0.15) is 4.98 Å². The lowest BCUT2D eigenvalue weighted by molar-refractivity contribution is 0.0601. The second-order valence-electron chi connectivity index (χ2n) is 6.19. The summed E-state index contributed by atoms with van der Waals surface area (Å²) < 4.78 is 4.71. The molecular formula is C21H22N4O2. The van der Waals surface area contributed by atoms with Crippen LogP contribution in [-0.2, 0) is 11.3 Å². The average molecular weight is 362 g/mol. The van der Waals surface area contributed by atoms with Gasteiger partial charge in [-0.25, -0.2) is 9.78 Å². The quantitative estimate of drug-likeness (QED) is 0.639. The molecule has 6 heteroatoms. The Balaban J connectivity index is 1.71. The van der Waals surface area contributed by atoms with Crippen LogP contribution in [-0.4, -0.2) is 23.0 Å². The number of benzene rings is 2. The lowest BCUT2D eigenvalue weighted by Gasteiger charge is -2.11. The Labute approximate surface area is 158 Å². The highest BCUT2D eigenvalue weighted by molar-refractivity contribution is 5.89. The molecule has 1 heterocycles. The summed E-state index contributed by atoms with van der Waals surface area (Å²) in [4.78, 5) is 20.5. The smallest absolute Gasteiger partial charge is 0.337 e. The van der Waals surface area contributed by atoms with Crippen molar-refractivity contribution >= 4 is 23.4 Å². The summed E-state index contributed by atoms with van der Waals surface area (Å²) in [7, 11) is 1.36. The zero-order chi connectivity index (χ0) is 19.2. The highest BCUT2D eigenvalue weighted by atomic mass is 16.5. The topological polar surface area (TPSA) is 76.1 Å². The number of nitrogens with zero attached hydrogens (tertiary/aromatic N) is 2. The molecular weight excluding hydrogens is 340 g/mol. The molecule has 0 saturated heterocycles. The second-order valence-corrected chi connectivity index (χ2v) is 6.19. The first kappa shape index (κ1) is 18.4. The van der Waals surface area contributed by atoms with Crippen LogP contribution in [0, 0.1) is 13.8 Å². The third-order valence-electron chi connectivity index (χ3n) is 4.14. The largest absolute Gasteiger partial charge is 0.465 e. The van der Waals surface area contributed by atoms with Crippen molar-refractivity contribution in [2.45, 2.75) is 20.4 Å². The first-order valence-electron chi connectivity index (χ1n) is 8.64. The molecule has 0 aliphatic heterocycles. The van der Waals surface area contributed by atoms with Crippen LogP contribution in [0.5, 0.6) is 0 Å². The van der Waals surface area contributed by atoms with Crippen LogP contribution in [0.25, 0.3) is 0 Å². The Morgan fingerprint density at radius 2 is 1.78 bits per heavy atom. The number of hydrogen-bond acceptors (Lipinski definition) is 6. The van der Waals surface area contributed by atoms with E-state index in [9.17, 15) is 4.79 Å². The van der Waals surface area contributed by atoms with Gasteiger partial charge in [0.1, 0.15) is 5.82 Å². The van der Waals surface area contributed by atoms with Crippen LogP contribution < -0.4 is 10.6 Å². The van der Waals surface area contributed by atoms with Gasteiger partial charge in [0.25, 0.3) is 0 Å². The summed E-state index contributed by atoms with van der Waals surface area (Å²) in [6.07, 6.45) is 0. The maximum absolute atomic E-state index is 11.5. The molecule has 0 atom stereocenters. The van der Waals surface area contributed by atoms with Crippen molar-refractivity contribution in [1.82, 2.24) is 9.97 Å². The van der Waals surface area contributed by atoms with Crippen LogP contribution in [0.2, 0.25) is 0 Å². The molecule has 0 radical (unpaired) electrons. The van der Waals surface area contributed by atoms with Gasteiger partial charge in [0.2, 0.25) is 5.95 Å². The molecule has 0 saturated carbocycles. The number of aromatic nitrogens is 2. The van der Waals surface area contributed by atoms with Gasteiger partial charge >= 0.3 is 5.97 Å². The van der Waals surface area contributed by atoms with Gasteiger partial charge in [0, 0.05) is 24.0 Å². The monoisotopic (exact) mass is 362 g/mol. The number of carbonyl (C=O) groups is 1. The predicted molar refractivity (Wildman–Crippen MR) is 106 cm³/mol. The fourth-order valence-corrected chi connectivity index (χ4v) is 2.65. The van der Waals surface area contributed by atoms with Gasteiger partial charge in [0.15, 0.2) is 0 Å². The molecule has 0 bridgehead atoms. The summed E-state index contributed by atoms with van der Waals surface area (Å²) in [5, 5.41) is 6.51. The van der Waals surface area contributed by atoms with Gasteiger partial charge < -0.3 is 15.4 Å². The molecule has 2 aromatic carbocycles. The van der Waals surface area contributed by atoms with E-state index in [-0.39, 0.29) is 5.97 Å². The van der Waals surface area contributed by atoms with Gasteiger partial charge in [-0.05, 0) is 49.2 Å². The molecule has 138 valence electrons. The molecule has 1 aromatic heterocycles. The number of rotatable bonds is 6. The van der Waals surface area contributed by atoms with E-state index in [4.69, 9.17) is 4.74 Å². The minimum absolute atomic E-state index is 0.365. The number of methoxy groups -OCH3 is 1. The molecule has 3 aromatic rings. The summed E-state index contributed by atoms with van der Waals surface area (Å²) >= 11 is 0. The number of carbonyl (C=O) groups excluding carboxylic acids is 1. The van der Waals surface area contributed by atoms with E-state index in [1.165, 1.54) is 18.2 Å². The van der Waals surface area contributed by atoms with Crippen molar-refractivity contribution in [3.8, 4) is 0 Å². The molecule has 6 nitrogen and oxygen atoms in total. The van der Waals surface area contributed by atoms with Gasteiger partial charge in [-0.15, -0.1) is 0 Å². The fraction of sp³-hybridized carbons (Fsp3) is 0.190. The molecule has 27 heavy (non-hydrogen) atoms. The van der Waals surface area contributed by atoms with Crippen molar-refractivity contribution in [2.24, 2.45) is 0 Å². The molecule has 0 aliphatic rings. The van der Waals surface area contributed by atoms with E-state index in [2.05, 4.69) is 39.7 Å². The number of esters is 1. The van der Waals surface area contributed by atoms with E-state index in [1.807, 2.05) is 25.1 Å². The van der Waals surface area contributed by atoms with Crippen LogP contribution >= 0.6 is 0 Å². The Bertz CT molecular complexity index is 939. The molecule has 2 N–H and O–H groups in total. The zero-order valence-electron chi connectivity index (χ0n) is 15.6. The average Bonchev–Trinajstić information content (AvgIpc) is 2.67. The van der Waals surface area contributed by atoms with Gasteiger partial charge in [0.05, 0.1) is 12.7 Å². The standard InChI is InChI=1S/C21H22N4O2/c1-14-6-4-5-7-17(14)13-22-19-12-15(2)23-21(25-19)24-18-10-8-16(9-11-18)20(26)27-3/h4-12H,13H2,1-3H3,(H2,22,23,24,25). The first-order valence-corrected chi connectivity index (χ1v) is 8.64. The molecule has 0 amide bonds. The van der Waals surface area contributed by atoms with Crippen LogP contribution in [0.1, 0.15) is 27.2 Å². The maximum atomic E-state index is 11.5. The summed E-state index contributed by atoms with van der Waals surface area (Å²) in [5.74, 6) is 0.878. The normalized spacial score (nSPS) is 10.3. The minimum atomic E-state index is -0.365. The number of nitrogens with one attached hydrogen (secondary N) is 2. The van der Waals surface area contributed by atoms with Crippen molar-refractivity contribution in [1.29, 1.82) is 0 Å². The lowest BCUT2D eigenvalue weighted by atomic mass is 10.1. The number of aryl methyl sites for hydroxylation is 2. The lowest BCUT2D eigenvalue weighted by Crippen LogP contribution is -2.06. The first-order chi connectivity index (χ1) is 13.0. The van der Waals surface area contributed by atoms with Crippen LogP contribution in [0.15, 0.2) is 54.6 Å². The van der Waals surface area contributed by atoms with E-state index in [1.54, 1.807) is 24.3 Å². The Kier molecular flexibility index (Phi) is 5.66. The molecule has 0 unspecified atom stereocenters. The maximum Gasteiger partial charge on any atom is 0.337 e. The summed E-state index contributed by atoms with van der Waals surface area (Å²) in [5.41, 5.74) is 4.60. The number of hydrogen-bond donors (Lipinski definition) is 2. The van der Waals surface area contributed by atoms with E-state index >= 15 is 0 Å². The summed E-state index contributed by atoms with van der Waals surface area (Å²) in [6.45, 7) is 4.70. The highest BCUT2D eigenvalue weighted by Gasteiger charge is 2.07. The predicted octanol–water partition coefficient (Wildman–Crippen LogP) is 4.24. The van der Waals surface area contributed by atoms with Crippen molar-refractivity contribution in [3.63, 3.8) is 0 Å². The van der Waals surface area contributed by atoms with Crippen molar-refractivity contribution < 1.29 is 9.53 Å². The SMILES string of the molecule is COC(=O)c1ccc(Nc2nc(C)cc(NCc3ccccc3C)n2)cc1. The third kappa shape index (κ3) is 4.82. The summed E-state index contributed by atoms with van der Waals surface area (Å²) in [6, 6.07) is 17.1. The number of ether oxygens (including phenoxy) is 1. The molecule has 3 rings (SSSR count). The fourth-order valence-electron chi connectivity index (χ4n) is 2.65. The Hall–Kier alpha value is -3.41. The third-order valence-corrected chi connectivity index (χ3v) is 4.14. The molecule has 0 spiro atoms. The van der Waals surface area contributed by atoms with E-state index < -0.39 is 0 Å². The van der Waals surface area contributed by atoms with Gasteiger partial charge in [-0.3, -0.25) is 0 Å².